The molecule has 0 saturated heterocycles. The van der Waals surface area contributed by atoms with Crippen LogP contribution in [0.4, 0.5) is 19.0 Å². The quantitative estimate of drug-likeness (QED) is 0.458. The van der Waals surface area contributed by atoms with Crippen LogP contribution in [0.1, 0.15) is 53.4 Å². The number of nitrogens with zero attached hydrogens (tertiary/aromatic N) is 4. The Morgan fingerprint density at radius 1 is 1.39 bits per heavy atom. The number of fused-ring (bicyclic) bond motifs is 1. The fourth-order valence-electron chi connectivity index (χ4n) is 4.45. The number of rotatable bonds is 7. The molecule has 2 aromatic rings. The summed E-state index contributed by atoms with van der Waals surface area (Å²) in [5.41, 5.74) is -1.35. The van der Waals surface area contributed by atoms with Crippen molar-refractivity contribution in [2.45, 2.75) is 76.5 Å². The summed E-state index contributed by atoms with van der Waals surface area (Å²) in [7, 11) is 0. The number of amides is 1. The van der Waals surface area contributed by atoms with E-state index in [-0.39, 0.29) is 49.5 Å². The Balaban J connectivity index is 1.58. The molecule has 0 bridgehead atoms. The number of hydrogen-bond donors (Lipinski definition) is 4. The zero-order valence-corrected chi connectivity index (χ0v) is 20.8. The van der Waals surface area contributed by atoms with Crippen molar-refractivity contribution in [3.8, 4) is 0 Å². The number of amidine groups is 1. The highest BCUT2D eigenvalue weighted by molar-refractivity contribution is 6.02. The lowest BCUT2D eigenvalue weighted by atomic mass is 9.84. The number of alkyl halides is 2. The normalized spacial score (nSPS) is 24.8. The van der Waals surface area contributed by atoms with E-state index in [1.165, 1.54) is 23.1 Å². The Bertz CT molecular complexity index is 1200. The van der Waals surface area contributed by atoms with Crippen LogP contribution in [0, 0.1) is 11.7 Å². The van der Waals surface area contributed by atoms with Crippen LogP contribution in [0.3, 0.4) is 0 Å². The summed E-state index contributed by atoms with van der Waals surface area (Å²) in [5, 5.41) is 23.1. The van der Waals surface area contributed by atoms with Crippen molar-refractivity contribution < 1.29 is 23.1 Å². The molecule has 4 rings (SSSR count). The fourth-order valence-corrected chi connectivity index (χ4v) is 4.45. The Morgan fingerprint density at radius 2 is 2.14 bits per heavy atom. The maximum atomic E-state index is 14.6. The summed E-state index contributed by atoms with van der Waals surface area (Å²) in [6.07, 6.45) is 3.86. The number of carbonyl (C=O) groups is 1. The van der Waals surface area contributed by atoms with Gasteiger partial charge in [0.05, 0.1) is 29.1 Å². The van der Waals surface area contributed by atoms with Gasteiger partial charge in [0.15, 0.2) is 17.3 Å². The van der Waals surface area contributed by atoms with Gasteiger partial charge in [-0.25, -0.2) is 27.7 Å². The molecule has 1 aliphatic carbocycles. The zero-order chi connectivity index (χ0) is 26.3. The SMILES string of the molecule is C[C@H](CNC(=O)C1=CN=C(Nc2nc3ccnn3cc2F)CC1(C)NC1CCC(F)(F)C1)C(C)(C)O. The molecule has 0 aromatic carbocycles. The van der Waals surface area contributed by atoms with E-state index in [9.17, 15) is 23.1 Å². The van der Waals surface area contributed by atoms with E-state index < -0.39 is 34.8 Å². The van der Waals surface area contributed by atoms with Gasteiger partial charge in [-0.1, -0.05) is 6.92 Å². The third kappa shape index (κ3) is 5.70. The number of anilines is 1. The number of aromatic nitrogens is 3. The third-order valence-corrected chi connectivity index (χ3v) is 7.01. The second kappa shape index (κ2) is 9.47. The molecule has 3 atom stereocenters. The van der Waals surface area contributed by atoms with E-state index in [2.05, 4.69) is 31.0 Å². The molecule has 4 N–H and O–H groups in total. The molecule has 196 valence electrons. The number of aliphatic imine (C=N–C) groups is 1. The predicted molar refractivity (Wildman–Crippen MR) is 129 cm³/mol. The molecule has 1 fully saturated rings. The van der Waals surface area contributed by atoms with Crippen molar-refractivity contribution in [1.82, 2.24) is 25.2 Å². The largest absolute Gasteiger partial charge is 0.390 e. The van der Waals surface area contributed by atoms with Crippen molar-refractivity contribution in [1.29, 1.82) is 0 Å². The van der Waals surface area contributed by atoms with E-state index in [0.717, 1.165) is 0 Å². The number of hydrogen-bond acceptors (Lipinski definition) is 7. The summed E-state index contributed by atoms with van der Waals surface area (Å²) in [4.78, 5) is 21.7. The smallest absolute Gasteiger partial charge is 0.250 e. The predicted octanol–water partition coefficient (Wildman–Crippen LogP) is 3.03. The second-order valence-electron chi connectivity index (χ2n) is 10.5. The third-order valence-electron chi connectivity index (χ3n) is 7.01. The molecule has 2 aliphatic rings. The van der Waals surface area contributed by atoms with Gasteiger partial charge in [0, 0.05) is 50.0 Å². The first-order valence-electron chi connectivity index (χ1n) is 12.0. The summed E-state index contributed by atoms with van der Waals surface area (Å²) in [6.45, 7) is 7.09. The number of halogens is 3. The molecule has 2 aromatic heterocycles. The van der Waals surface area contributed by atoms with Crippen molar-refractivity contribution in [3.05, 3.63) is 36.1 Å². The van der Waals surface area contributed by atoms with Gasteiger partial charge in [0.1, 0.15) is 5.84 Å². The lowest BCUT2D eigenvalue weighted by Crippen LogP contribution is -2.55. The Hall–Kier alpha value is -2.99. The molecule has 1 saturated carbocycles. The first-order chi connectivity index (χ1) is 16.8. The molecule has 0 spiro atoms. The van der Waals surface area contributed by atoms with Gasteiger partial charge in [0.2, 0.25) is 5.92 Å². The lowest BCUT2D eigenvalue weighted by Gasteiger charge is -2.38. The molecule has 9 nitrogen and oxygen atoms in total. The highest BCUT2D eigenvalue weighted by atomic mass is 19.3. The minimum absolute atomic E-state index is 0.0585. The Morgan fingerprint density at radius 3 is 2.81 bits per heavy atom. The molecular weight excluding hydrogens is 475 g/mol. The Kier molecular flexibility index (Phi) is 6.86. The molecule has 36 heavy (non-hydrogen) atoms. The minimum atomic E-state index is -2.76. The van der Waals surface area contributed by atoms with Crippen LogP contribution in [-0.4, -0.2) is 61.1 Å². The lowest BCUT2D eigenvalue weighted by molar-refractivity contribution is -0.118. The summed E-state index contributed by atoms with van der Waals surface area (Å²) < 4.78 is 43.7. The molecule has 1 amide bonds. The monoisotopic (exact) mass is 507 g/mol. The van der Waals surface area contributed by atoms with Gasteiger partial charge < -0.3 is 21.1 Å². The molecule has 0 radical (unpaired) electrons. The molecular formula is C24H32F3N7O2. The van der Waals surface area contributed by atoms with Crippen LogP contribution >= 0.6 is 0 Å². The van der Waals surface area contributed by atoms with Gasteiger partial charge in [-0.3, -0.25) is 4.79 Å². The fraction of sp³-hybridized carbons (Fsp3) is 0.583. The average molecular weight is 508 g/mol. The van der Waals surface area contributed by atoms with Gasteiger partial charge in [-0.2, -0.15) is 5.10 Å². The van der Waals surface area contributed by atoms with Gasteiger partial charge in [-0.15, -0.1) is 0 Å². The van der Waals surface area contributed by atoms with Crippen molar-refractivity contribution in [3.63, 3.8) is 0 Å². The van der Waals surface area contributed by atoms with Gasteiger partial charge in [0.25, 0.3) is 5.91 Å². The van der Waals surface area contributed by atoms with E-state index in [1.807, 2.05) is 6.92 Å². The maximum Gasteiger partial charge on any atom is 0.250 e. The Labute approximate surface area is 207 Å². The summed E-state index contributed by atoms with van der Waals surface area (Å²) in [6, 6.07) is 1.12. The van der Waals surface area contributed by atoms with Crippen molar-refractivity contribution >= 4 is 23.2 Å². The highest BCUT2D eigenvalue weighted by Crippen LogP contribution is 2.37. The maximum absolute atomic E-state index is 14.6. The topological polar surface area (TPSA) is 116 Å². The first kappa shape index (κ1) is 26.1. The molecule has 3 heterocycles. The van der Waals surface area contributed by atoms with Crippen LogP contribution in [0.15, 0.2) is 35.2 Å². The van der Waals surface area contributed by atoms with Crippen molar-refractivity contribution in [2.75, 3.05) is 11.9 Å². The van der Waals surface area contributed by atoms with E-state index in [1.54, 1.807) is 26.8 Å². The van der Waals surface area contributed by atoms with Gasteiger partial charge >= 0.3 is 0 Å². The number of nitrogens with one attached hydrogen (secondary N) is 3. The first-order valence-corrected chi connectivity index (χ1v) is 12.0. The summed E-state index contributed by atoms with van der Waals surface area (Å²) >= 11 is 0. The van der Waals surface area contributed by atoms with Crippen LogP contribution in [0.2, 0.25) is 0 Å². The van der Waals surface area contributed by atoms with E-state index in [0.29, 0.717) is 11.5 Å². The minimum Gasteiger partial charge on any atom is -0.390 e. The van der Waals surface area contributed by atoms with Crippen LogP contribution in [-0.2, 0) is 4.79 Å². The van der Waals surface area contributed by atoms with E-state index >= 15 is 0 Å². The zero-order valence-electron chi connectivity index (χ0n) is 20.8. The van der Waals surface area contributed by atoms with Crippen LogP contribution in [0.25, 0.3) is 5.65 Å². The summed E-state index contributed by atoms with van der Waals surface area (Å²) in [5.74, 6) is -3.79. The average Bonchev–Trinajstić information content (AvgIpc) is 3.35. The number of carbonyl (C=O) groups excluding carboxylic acids is 1. The molecule has 12 heteroatoms. The second-order valence-corrected chi connectivity index (χ2v) is 10.5. The van der Waals surface area contributed by atoms with E-state index in [4.69, 9.17) is 0 Å². The molecule has 1 aliphatic heterocycles. The molecule has 2 unspecified atom stereocenters. The van der Waals surface area contributed by atoms with Crippen LogP contribution < -0.4 is 16.0 Å². The standard InChI is InChI=1S/C24H32F3N7O2/c1-14(22(2,3)36)11-29-21(35)16-12-28-18(10-23(16,4)33-15-5-7-24(26,27)9-15)31-20-17(25)13-34-19(32-20)6-8-30-34/h6,8,12-15,33,36H,5,7,9-11H2,1-4H3,(H,29,35)(H,28,31,32)/t14-,15?,23?/m1/s1. The van der Waals surface area contributed by atoms with Gasteiger partial charge in [-0.05, 0) is 27.2 Å². The van der Waals surface area contributed by atoms with Crippen LogP contribution in [0.5, 0.6) is 0 Å². The number of aliphatic hydroxyl groups is 1. The van der Waals surface area contributed by atoms with Crippen molar-refractivity contribution in [2.24, 2.45) is 10.9 Å². The highest BCUT2D eigenvalue weighted by Gasteiger charge is 2.45.